The monoisotopic (exact) mass is 419 g/mol. The van der Waals surface area contributed by atoms with Crippen LogP contribution in [0.3, 0.4) is 0 Å². The SMILES string of the molecule is CC(C)[C@@H](CCC(=O)Nc1cncc(C(=O)O)c1N)NC(=O)[C@@H](N)C1CCCCC1. The zero-order chi connectivity index (χ0) is 22.3. The summed E-state index contributed by atoms with van der Waals surface area (Å²) in [6.07, 6.45) is 8.39. The smallest absolute Gasteiger partial charge is 0.339 e. The average molecular weight is 420 g/mol. The fraction of sp³-hybridized carbons (Fsp3) is 0.619. The van der Waals surface area contributed by atoms with E-state index in [1.807, 2.05) is 13.8 Å². The van der Waals surface area contributed by atoms with Crippen LogP contribution < -0.4 is 22.1 Å². The van der Waals surface area contributed by atoms with Gasteiger partial charge in [0.25, 0.3) is 0 Å². The summed E-state index contributed by atoms with van der Waals surface area (Å²) in [7, 11) is 0. The average Bonchev–Trinajstić information content (AvgIpc) is 2.72. The van der Waals surface area contributed by atoms with Crippen LogP contribution in [0.2, 0.25) is 0 Å². The summed E-state index contributed by atoms with van der Waals surface area (Å²) in [5, 5.41) is 14.7. The summed E-state index contributed by atoms with van der Waals surface area (Å²) in [6.45, 7) is 3.96. The Balaban J connectivity index is 1.91. The van der Waals surface area contributed by atoms with Gasteiger partial charge in [0, 0.05) is 18.7 Å². The van der Waals surface area contributed by atoms with Crippen molar-refractivity contribution in [2.45, 2.75) is 70.9 Å². The molecule has 2 atom stereocenters. The Labute approximate surface area is 177 Å². The number of carbonyl (C=O) groups is 3. The number of aromatic carboxylic acids is 1. The molecule has 0 unspecified atom stereocenters. The largest absolute Gasteiger partial charge is 0.478 e. The van der Waals surface area contributed by atoms with Crippen molar-refractivity contribution in [3.05, 3.63) is 18.0 Å². The van der Waals surface area contributed by atoms with Crippen LogP contribution >= 0.6 is 0 Å². The number of aromatic nitrogens is 1. The number of anilines is 2. The Bertz CT molecular complexity index is 762. The maximum absolute atomic E-state index is 12.6. The molecule has 166 valence electrons. The van der Waals surface area contributed by atoms with Crippen molar-refractivity contribution in [1.82, 2.24) is 10.3 Å². The maximum atomic E-state index is 12.6. The van der Waals surface area contributed by atoms with E-state index in [2.05, 4.69) is 15.6 Å². The molecule has 1 aliphatic carbocycles. The Morgan fingerprint density at radius 3 is 2.47 bits per heavy atom. The van der Waals surface area contributed by atoms with Gasteiger partial charge in [0.2, 0.25) is 11.8 Å². The van der Waals surface area contributed by atoms with Gasteiger partial charge >= 0.3 is 5.97 Å². The van der Waals surface area contributed by atoms with E-state index in [1.54, 1.807) is 0 Å². The van der Waals surface area contributed by atoms with Gasteiger partial charge in [-0.3, -0.25) is 14.6 Å². The third kappa shape index (κ3) is 6.41. The number of hydrogen-bond donors (Lipinski definition) is 5. The molecule has 0 bridgehead atoms. The van der Waals surface area contributed by atoms with E-state index in [9.17, 15) is 14.4 Å². The first-order chi connectivity index (χ1) is 14.2. The fourth-order valence-electron chi connectivity index (χ4n) is 3.80. The third-order valence-corrected chi connectivity index (χ3v) is 5.77. The molecule has 1 fully saturated rings. The number of carbonyl (C=O) groups excluding carboxylic acids is 2. The molecule has 9 nitrogen and oxygen atoms in total. The molecule has 1 aliphatic rings. The molecule has 0 radical (unpaired) electrons. The summed E-state index contributed by atoms with van der Waals surface area (Å²) in [5.41, 5.74) is 11.9. The molecule has 9 heteroatoms. The van der Waals surface area contributed by atoms with Gasteiger partial charge < -0.3 is 27.2 Å². The lowest BCUT2D eigenvalue weighted by Gasteiger charge is -2.29. The predicted molar refractivity (Wildman–Crippen MR) is 115 cm³/mol. The van der Waals surface area contributed by atoms with Gasteiger partial charge in [-0.2, -0.15) is 0 Å². The number of carboxylic acids is 1. The Kier molecular flexibility index (Phi) is 8.58. The molecule has 1 aromatic rings. The highest BCUT2D eigenvalue weighted by atomic mass is 16.4. The number of nitrogens with two attached hydrogens (primary N) is 2. The molecule has 7 N–H and O–H groups in total. The van der Waals surface area contributed by atoms with Crippen molar-refractivity contribution in [3.8, 4) is 0 Å². The number of hydrogen-bond acceptors (Lipinski definition) is 6. The number of rotatable bonds is 9. The van der Waals surface area contributed by atoms with Crippen molar-refractivity contribution in [1.29, 1.82) is 0 Å². The second-order valence-electron chi connectivity index (χ2n) is 8.32. The molecule has 30 heavy (non-hydrogen) atoms. The molecular formula is C21H33N5O4. The molecule has 1 saturated carbocycles. The minimum Gasteiger partial charge on any atom is -0.478 e. The lowest BCUT2D eigenvalue weighted by molar-refractivity contribution is -0.125. The second kappa shape index (κ2) is 10.9. The van der Waals surface area contributed by atoms with Crippen LogP contribution in [-0.4, -0.2) is 40.0 Å². The van der Waals surface area contributed by atoms with Crippen molar-refractivity contribution in [2.75, 3.05) is 11.1 Å². The van der Waals surface area contributed by atoms with Crippen LogP contribution in [0.1, 0.15) is 69.2 Å². The quantitative estimate of drug-likeness (QED) is 0.409. The zero-order valence-electron chi connectivity index (χ0n) is 17.7. The van der Waals surface area contributed by atoms with Crippen LogP contribution in [0.15, 0.2) is 12.4 Å². The first kappa shape index (κ1) is 23.6. The number of carboxylic acid groups (broad SMARTS) is 1. The van der Waals surface area contributed by atoms with Crippen molar-refractivity contribution >= 4 is 29.2 Å². The van der Waals surface area contributed by atoms with Crippen LogP contribution in [-0.2, 0) is 9.59 Å². The van der Waals surface area contributed by atoms with Crippen molar-refractivity contribution < 1.29 is 19.5 Å². The van der Waals surface area contributed by atoms with E-state index in [0.717, 1.165) is 31.9 Å². The molecule has 0 spiro atoms. The van der Waals surface area contributed by atoms with E-state index >= 15 is 0 Å². The van der Waals surface area contributed by atoms with Crippen LogP contribution in [0.25, 0.3) is 0 Å². The minimum absolute atomic E-state index is 0.0435. The van der Waals surface area contributed by atoms with Gasteiger partial charge in [-0.25, -0.2) is 4.79 Å². The van der Waals surface area contributed by atoms with E-state index in [1.165, 1.54) is 12.6 Å². The van der Waals surface area contributed by atoms with Crippen molar-refractivity contribution in [2.24, 2.45) is 17.6 Å². The summed E-state index contributed by atoms with van der Waals surface area (Å²) in [4.78, 5) is 39.9. The zero-order valence-corrected chi connectivity index (χ0v) is 17.7. The topological polar surface area (TPSA) is 160 Å². The summed E-state index contributed by atoms with van der Waals surface area (Å²) >= 11 is 0. The van der Waals surface area contributed by atoms with Crippen molar-refractivity contribution in [3.63, 3.8) is 0 Å². The van der Waals surface area contributed by atoms with Gasteiger partial charge in [0.15, 0.2) is 0 Å². The summed E-state index contributed by atoms with van der Waals surface area (Å²) < 4.78 is 0. The molecule has 0 aromatic carbocycles. The molecule has 0 saturated heterocycles. The Morgan fingerprint density at radius 2 is 1.87 bits per heavy atom. The number of nitrogens with zero attached hydrogens (tertiary/aromatic N) is 1. The number of pyridine rings is 1. The van der Waals surface area contributed by atoms with Crippen LogP contribution in [0, 0.1) is 11.8 Å². The summed E-state index contributed by atoms with van der Waals surface area (Å²) in [6, 6.07) is -0.719. The Morgan fingerprint density at radius 1 is 1.20 bits per heavy atom. The van der Waals surface area contributed by atoms with Crippen LogP contribution in [0.4, 0.5) is 11.4 Å². The summed E-state index contributed by atoms with van der Waals surface area (Å²) in [5.74, 6) is -1.37. The number of amides is 2. The lowest BCUT2D eigenvalue weighted by Crippen LogP contribution is -2.50. The minimum atomic E-state index is -1.21. The fourth-order valence-corrected chi connectivity index (χ4v) is 3.80. The molecule has 0 aliphatic heterocycles. The highest BCUT2D eigenvalue weighted by Gasteiger charge is 2.28. The van der Waals surface area contributed by atoms with E-state index in [-0.39, 0.29) is 53.1 Å². The van der Waals surface area contributed by atoms with Gasteiger partial charge in [-0.1, -0.05) is 33.1 Å². The van der Waals surface area contributed by atoms with E-state index in [4.69, 9.17) is 16.6 Å². The van der Waals surface area contributed by atoms with E-state index < -0.39 is 12.0 Å². The molecule has 1 heterocycles. The normalized spacial score (nSPS) is 16.7. The third-order valence-electron chi connectivity index (χ3n) is 5.77. The van der Waals surface area contributed by atoms with Gasteiger partial charge in [-0.05, 0) is 31.1 Å². The maximum Gasteiger partial charge on any atom is 0.339 e. The highest BCUT2D eigenvalue weighted by Crippen LogP contribution is 2.26. The second-order valence-corrected chi connectivity index (χ2v) is 8.32. The standard InChI is InChI=1S/C21H33N5O4/c1-12(2)15(26-20(28)18(22)13-6-4-3-5-7-13)8-9-17(27)25-16-11-24-10-14(19(16)23)21(29)30/h10-13,15,18H,3-9,22H2,1-2H3,(H2,23,24)(H,25,27)(H,26,28)(H,29,30)/t15-,18+/m1/s1. The Hall–Kier alpha value is -2.68. The predicted octanol–water partition coefficient (Wildman–Crippen LogP) is 2.13. The van der Waals surface area contributed by atoms with Gasteiger partial charge in [-0.15, -0.1) is 0 Å². The number of nitrogens with one attached hydrogen (secondary N) is 2. The lowest BCUT2D eigenvalue weighted by atomic mass is 9.83. The molecule has 2 amide bonds. The van der Waals surface area contributed by atoms with Gasteiger partial charge in [0.1, 0.15) is 5.56 Å². The first-order valence-corrected chi connectivity index (χ1v) is 10.5. The van der Waals surface area contributed by atoms with Crippen LogP contribution in [0.5, 0.6) is 0 Å². The molecule has 1 aromatic heterocycles. The molecular weight excluding hydrogens is 386 g/mol. The molecule has 2 rings (SSSR count). The first-order valence-electron chi connectivity index (χ1n) is 10.5. The van der Waals surface area contributed by atoms with E-state index in [0.29, 0.717) is 6.42 Å². The van der Waals surface area contributed by atoms with Gasteiger partial charge in [0.05, 0.1) is 23.6 Å². The highest BCUT2D eigenvalue weighted by molar-refractivity contribution is 6.00. The number of nitrogen functional groups attached to an aromatic ring is 1.